The van der Waals surface area contributed by atoms with E-state index in [9.17, 15) is 9.59 Å². The summed E-state index contributed by atoms with van der Waals surface area (Å²) in [6.45, 7) is 9.50. The Bertz CT molecular complexity index is 890. The van der Waals surface area contributed by atoms with E-state index >= 15 is 0 Å². The van der Waals surface area contributed by atoms with Gasteiger partial charge in [-0.05, 0) is 25.7 Å². The van der Waals surface area contributed by atoms with Crippen molar-refractivity contribution in [3.8, 4) is 0 Å². The molecule has 3 rings (SSSR count). The molecule has 30 heavy (non-hydrogen) atoms. The highest BCUT2D eigenvalue weighted by Gasteiger charge is 2.53. The molecule has 2 atom stereocenters. The van der Waals surface area contributed by atoms with Crippen molar-refractivity contribution in [1.29, 1.82) is 0 Å². The number of ketones is 1. The van der Waals surface area contributed by atoms with Crippen LogP contribution in [0.5, 0.6) is 0 Å². The lowest BCUT2D eigenvalue weighted by Gasteiger charge is -2.52. The second-order valence-corrected chi connectivity index (χ2v) is 8.54. The molecule has 0 N–H and O–H groups in total. The number of nitrogens with zero attached hydrogens (tertiary/aromatic N) is 4. The predicted molar refractivity (Wildman–Crippen MR) is 118 cm³/mol. The highest BCUT2D eigenvalue weighted by Crippen LogP contribution is 2.35. The van der Waals surface area contributed by atoms with Crippen molar-refractivity contribution in [3.05, 3.63) is 40.1 Å². The molecule has 162 valence electrons. The summed E-state index contributed by atoms with van der Waals surface area (Å²) in [7, 11) is 1.78. The summed E-state index contributed by atoms with van der Waals surface area (Å²) in [5.74, 6) is 0.683. The topological polar surface area (TPSA) is 75.1 Å². The van der Waals surface area contributed by atoms with E-state index in [-0.39, 0.29) is 17.6 Å². The minimum absolute atomic E-state index is 0.0182. The molecule has 2 aliphatic rings. The van der Waals surface area contributed by atoms with Crippen LogP contribution >= 0.6 is 11.3 Å². The smallest absolute Gasteiger partial charge is 0.255 e. The molecule has 0 radical (unpaired) electrons. The summed E-state index contributed by atoms with van der Waals surface area (Å²) >= 11 is 1.32. The van der Waals surface area contributed by atoms with Gasteiger partial charge in [-0.2, -0.15) is 0 Å². The molecule has 0 saturated carbocycles. The third-order valence-electron chi connectivity index (χ3n) is 6.00. The zero-order valence-corrected chi connectivity index (χ0v) is 19.2. The quantitative estimate of drug-likeness (QED) is 0.510. The van der Waals surface area contributed by atoms with Gasteiger partial charge < -0.3 is 14.5 Å². The van der Waals surface area contributed by atoms with Crippen LogP contribution in [0.4, 0.5) is 0 Å². The van der Waals surface area contributed by atoms with E-state index in [1.54, 1.807) is 29.6 Å². The predicted octanol–water partition coefficient (Wildman–Crippen LogP) is 3.51. The van der Waals surface area contributed by atoms with E-state index < -0.39 is 5.54 Å². The lowest BCUT2D eigenvalue weighted by molar-refractivity contribution is -0.151. The number of hydrogen-bond donors (Lipinski definition) is 0. The van der Waals surface area contributed by atoms with E-state index in [4.69, 9.17) is 9.73 Å². The van der Waals surface area contributed by atoms with Crippen molar-refractivity contribution in [1.82, 2.24) is 14.8 Å². The average molecular weight is 431 g/mol. The standard InChI is InChI=1S/C22H30N4O3S/c1-6-15(4)16(13-18(27)20-23-9-12-30-20)24-19-17(7-2)25(5)21(28)22(8-3)14-29-11-10-26(19)22/h7,9,12-13,15H,6,8,10-11,14H2,1-5H3/b16-13+,17-7+,24-19-. The number of ether oxygens (including phenoxy) is 1. The van der Waals surface area contributed by atoms with Gasteiger partial charge in [0.2, 0.25) is 5.78 Å². The fourth-order valence-electron chi connectivity index (χ4n) is 3.93. The van der Waals surface area contributed by atoms with Crippen molar-refractivity contribution in [3.63, 3.8) is 0 Å². The lowest BCUT2D eigenvalue weighted by Crippen LogP contribution is -2.70. The Morgan fingerprint density at radius 1 is 1.47 bits per heavy atom. The summed E-state index contributed by atoms with van der Waals surface area (Å²) in [5.41, 5.74) is 0.686. The number of hydrogen-bond acceptors (Lipinski definition) is 6. The molecule has 1 aromatic heterocycles. The second kappa shape index (κ2) is 9.22. The summed E-state index contributed by atoms with van der Waals surface area (Å²) in [6.07, 6.45) is 6.59. The number of likely N-dealkylation sites (N-methyl/N-ethyl adjacent to an activating group) is 1. The number of fused-ring (bicyclic) bond motifs is 1. The summed E-state index contributed by atoms with van der Waals surface area (Å²) in [5, 5.41) is 2.24. The van der Waals surface area contributed by atoms with Crippen LogP contribution in [0.2, 0.25) is 0 Å². The number of allylic oxidation sites excluding steroid dienone is 3. The third-order valence-corrected chi connectivity index (χ3v) is 6.79. The maximum absolute atomic E-state index is 13.3. The number of carbonyl (C=O) groups is 2. The van der Waals surface area contributed by atoms with Crippen molar-refractivity contribution in [2.75, 3.05) is 26.8 Å². The van der Waals surface area contributed by atoms with Gasteiger partial charge in [0.25, 0.3) is 5.91 Å². The van der Waals surface area contributed by atoms with E-state index in [1.807, 2.05) is 19.9 Å². The Labute approximate surface area is 182 Å². The number of aliphatic imine (C=N–C) groups is 1. The molecular formula is C22H30N4O3S. The second-order valence-electron chi connectivity index (χ2n) is 7.64. The van der Waals surface area contributed by atoms with Crippen LogP contribution in [0.1, 0.15) is 50.3 Å². The minimum Gasteiger partial charge on any atom is -0.377 e. The molecule has 0 bridgehead atoms. The summed E-state index contributed by atoms with van der Waals surface area (Å²) < 4.78 is 5.72. The van der Waals surface area contributed by atoms with Crippen LogP contribution in [-0.2, 0) is 9.53 Å². The van der Waals surface area contributed by atoms with Crippen LogP contribution in [0, 0.1) is 5.92 Å². The molecule has 1 aromatic rings. The fourth-order valence-corrected chi connectivity index (χ4v) is 4.47. The molecule has 8 heteroatoms. The van der Waals surface area contributed by atoms with Gasteiger partial charge in [-0.3, -0.25) is 9.59 Å². The van der Waals surface area contributed by atoms with Gasteiger partial charge >= 0.3 is 0 Å². The lowest BCUT2D eigenvalue weighted by atomic mass is 9.88. The number of thiazole rings is 1. The van der Waals surface area contributed by atoms with Crippen LogP contribution in [0.15, 0.2) is 40.1 Å². The maximum Gasteiger partial charge on any atom is 0.255 e. The van der Waals surface area contributed by atoms with Crippen molar-refractivity contribution in [2.24, 2.45) is 10.9 Å². The van der Waals surface area contributed by atoms with Crippen LogP contribution in [-0.4, -0.2) is 64.7 Å². The molecule has 1 amide bonds. The zero-order chi connectivity index (χ0) is 21.9. The number of aromatic nitrogens is 1. The van der Waals surface area contributed by atoms with Gasteiger partial charge in [-0.25, -0.2) is 9.98 Å². The summed E-state index contributed by atoms with van der Waals surface area (Å²) in [4.78, 5) is 38.9. The third kappa shape index (κ3) is 3.86. The largest absolute Gasteiger partial charge is 0.377 e. The minimum atomic E-state index is -0.766. The van der Waals surface area contributed by atoms with E-state index in [2.05, 4.69) is 23.7 Å². The Morgan fingerprint density at radius 2 is 2.23 bits per heavy atom. The van der Waals surface area contributed by atoms with E-state index in [0.717, 1.165) is 18.0 Å². The highest BCUT2D eigenvalue weighted by molar-refractivity contribution is 7.11. The summed E-state index contributed by atoms with van der Waals surface area (Å²) in [6, 6.07) is 0. The van der Waals surface area contributed by atoms with E-state index in [0.29, 0.717) is 36.9 Å². The first kappa shape index (κ1) is 22.4. The van der Waals surface area contributed by atoms with Gasteiger partial charge in [-0.1, -0.05) is 26.8 Å². The van der Waals surface area contributed by atoms with Gasteiger partial charge in [-0.15, -0.1) is 11.3 Å². The first-order chi connectivity index (χ1) is 14.4. The SMILES string of the molecule is C\C=C1/C(=N/C(=C/C(=O)c2nccs2)C(C)CC)N2CCOCC2(CC)C(=O)N1C. The average Bonchev–Trinajstić information content (AvgIpc) is 3.31. The molecule has 0 aromatic carbocycles. The normalized spacial score (nSPS) is 26.3. The van der Waals surface area contributed by atoms with Gasteiger partial charge in [0.05, 0.1) is 18.9 Å². The first-order valence-corrected chi connectivity index (χ1v) is 11.3. The fraction of sp³-hybridized carbons (Fsp3) is 0.545. The number of amidine groups is 1. The number of morpholine rings is 1. The highest BCUT2D eigenvalue weighted by atomic mass is 32.1. The van der Waals surface area contributed by atoms with Crippen molar-refractivity contribution >= 4 is 28.9 Å². The molecule has 0 spiro atoms. The molecule has 2 saturated heterocycles. The number of amides is 1. The zero-order valence-electron chi connectivity index (χ0n) is 18.3. The first-order valence-electron chi connectivity index (χ1n) is 10.4. The Hall–Kier alpha value is -2.32. The molecule has 2 fully saturated rings. The van der Waals surface area contributed by atoms with Crippen LogP contribution in [0.3, 0.4) is 0 Å². The van der Waals surface area contributed by atoms with Gasteiger partial charge in [0.15, 0.2) is 10.8 Å². The monoisotopic (exact) mass is 430 g/mol. The Morgan fingerprint density at radius 3 is 2.83 bits per heavy atom. The van der Waals surface area contributed by atoms with E-state index in [1.165, 1.54) is 11.3 Å². The molecule has 2 aliphatic heterocycles. The number of piperazine rings is 1. The van der Waals surface area contributed by atoms with Gasteiger partial charge in [0, 0.05) is 36.9 Å². The Kier molecular flexibility index (Phi) is 6.88. The maximum atomic E-state index is 13.3. The number of carbonyl (C=O) groups excluding carboxylic acids is 2. The number of rotatable bonds is 6. The molecule has 2 unspecified atom stereocenters. The molecule has 3 heterocycles. The molecule has 7 nitrogen and oxygen atoms in total. The van der Waals surface area contributed by atoms with Crippen LogP contribution < -0.4 is 0 Å². The van der Waals surface area contributed by atoms with Crippen LogP contribution in [0.25, 0.3) is 0 Å². The van der Waals surface area contributed by atoms with Crippen molar-refractivity contribution < 1.29 is 14.3 Å². The molecule has 0 aliphatic carbocycles. The van der Waals surface area contributed by atoms with Gasteiger partial charge in [0.1, 0.15) is 5.54 Å². The Balaban J connectivity index is 2.13. The van der Waals surface area contributed by atoms with Crippen molar-refractivity contribution in [2.45, 2.75) is 46.1 Å². The molecular weight excluding hydrogens is 400 g/mol.